The van der Waals surface area contributed by atoms with E-state index in [0.29, 0.717) is 0 Å². The van der Waals surface area contributed by atoms with Crippen molar-refractivity contribution in [2.75, 3.05) is 0 Å². The normalized spacial score (nSPS) is 10.2. The lowest BCUT2D eigenvalue weighted by Gasteiger charge is -2.07. The van der Waals surface area contributed by atoms with Crippen LogP contribution in [-0.4, -0.2) is 10.8 Å². The van der Waals surface area contributed by atoms with Gasteiger partial charge >= 0.3 is 0 Å². The monoisotopic (exact) mass is 307 g/mol. The largest absolute Gasteiger partial charge is 0.294 e. The first-order valence-electron chi connectivity index (χ1n) is 5.05. The Kier molecular flexibility index (Phi) is 3.97. The lowest BCUT2D eigenvalue weighted by Crippen LogP contribution is -1.94. The van der Waals surface area contributed by atoms with Crippen LogP contribution in [0.2, 0.25) is 0 Å². The summed E-state index contributed by atoms with van der Waals surface area (Å²) >= 11 is 4.99. The number of Topliss-reactive ketones (excluding diaryl/α,β-unsaturated/α-hetero) is 1. The Morgan fingerprint density at radius 1 is 1.24 bits per heavy atom. The Bertz CT molecular complexity index is 542. The SMILES string of the molecule is CC(=O)c1ccc(Br)cc1Sc1ccncc1. The van der Waals surface area contributed by atoms with Crippen molar-refractivity contribution in [1.82, 2.24) is 4.98 Å². The maximum atomic E-state index is 11.5. The highest BCUT2D eigenvalue weighted by molar-refractivity contribution is 9.10. The van der Waals surface area contributed by atoms with Gasteiger partial charge in [0.25, 0.3) is 0 Å². The van der Waals surface area contributed by atoms with Crippen molar-refractivity contribution in [3.63, 3.8) is 0 Å². The molecule has 0 N–H and O–H groups in total. The first kappa shape index (κ1) is 12.3. The average Bonchev–Trinajstić information content (AvgIpc) is 2.30. The molecule has 4 heteroatoms. The Hall–Kier alpha value is -1.13. The zero-order chi connectivity index (χ0) is 12.3. The van der Waals surface area contributed by atoms with E-state index in [1.165, 1.54) is 0 Å². The number of halogens is 1. The molecule has 2 aromatic rings. The molecule has 0 bridgehead atoms. The van der Waals surface area contributed by atoms with Gasteiger partial charge in [0.15, 0.2) is 5.78 Å². The number of benzene rings is 1. The van der Waals surface area contributed by atoms with Crippen LogP contribution in [0.3, 0.4) is 0 Å². The van der Waals surface area contributed by atoms with Crippen LogP contribution in [0, 0.1) is 0 Å². The highest BCUT2D eigenvalue weighted by Crippen LogP contribution is 2.32. The molecule has 0 atom stereocenters. The van der Waals surface area contributed by atoms with Gasteiger partial charge in [0.05, 0.1) is 0 Å². The Balaban J connectivity index is 2.37. The van der Waals surface area contributed by atoms with E-state index in [9.17, 15) is 4.79 Å². The summed E-state index contributed by atoms with van der Waals surface area (Å²) in [4.78, 5) is 17.5. The fourth-order valence-electron chi connectivity index (χ4n) is 1.40. The fourth-order valence-corrected chi connectivity index (χ4v) is 2.94. The minimum atomic E-state index is 0.0778. The van der Waals surface area contributed by atoms with Crippen molar-refractivity contribution >= 4 is 33.5 Å². The van der Waals surface area contributed by atoms with Gasteiger partial charge in [0.2, 0.25) is 0 Å². The van der Waals surface area contributed by atoms with E-state index in [2.05, 4.69) is 20.9 Å². The summed E-state index contributed by atoms with van der Waals surface area (Å²) in [5.41, 5.74) is 0.745. The van der Waals surface area contributed by atoms with Gasteiger partial charge in [0, 0.05) is 32.2 Å². The first-order chi connectivity index (χ1) is 8.16. The van der Waals surface area contributed by atoms with Gasteiger partial charge in [-0.1, -0.05) is 27.7 Å². The van der Waals surface area contributed by atoms with E-state index in [1.807, 2.05) is 30.3 Å². The van der Waals surface area contributed by atoms with Crippen LogP contribution in [0.25, 0.3) is 0 Å². The molecular weight excluding hydrogens is 298 g/mol. The molecule has 2 nitrogen and oxygen atoms in total. The number of carbonyl (C=O) groups excluding carboxylic acids is 1. The predicted octanol–water partition coefficient (Wildman–Crippen LogP) is 4.20. The summed E-state index contributed by atoms with van der Waals surface area (Å²) in [7, 11) is 0. The zero-order valence-electron chi connectivity index (χ0n) is 9.18. The van der Waals surface area contributed by atoms with E-state index in [1.54, 1.807) is 31.1 Å². The highest BCUT2D eigenvalue weighted by Gasteiger charge is 2.09. The Morgan fingerprint density at radius 3 is 2.59 bits per heavy atom. The molecule has 86 valence electrons. The van der Waals surface area contributed by atoms with Crippen LogP contribution < -0.4 is 0 Å². The molecule has 1 heterocycles. The van der Waals surface area contributed by atoms with Crippen LogP contribution in [-0.2, 0) is 0 Å². The van der Waals surface area contributed by atoms with Gasteiger partial charge in [-0.15, -0.1) is 0 Å². The quantitative estimate of drug-likeness (QED) is 0.796. The lowest BCUT2D eigenvalue weighted by atomic mass is 10.1. The molecule has 0 amide bonds. The second kappa shape index (κ2) is 5.47. The molecule has 17 heavy (non-hydrogen) atoms. The molecule has 1 aromatic carbocycles. The lowest BCUT2D eigenvalue weighted by molar-refractivity contribution is 0.101. The third-order valence-electron chi connectivity index (χ3n) is 2.20. The molecule has 0 saturated heterocycles. The third-order valence-corrected chi connectivity index (χ3v) is 3.76. The molecule has 0 spiro atoms. The summed E-state index contributed by atoms with van der Waals surface area (Å²) in [6.07, 6.45) is 3.49. The molecule has 0 radical (unpaired) electrons. The van der Waals surface area contributed by atoms with Gasteiger partial charge in [-0.05, 0) is 37.3 Å². The summed E-state index contributed by atoms with van der Waals surface area (Å²) in [5.74, 6) is 0.0778. The van der Waals surface area contributed by atoms with Crippen molar-refractivity contribution < 1.29 is 4.79 Å². The number of carbonyl (C=O) groups is 1. The van der Waals surface area contributed by atoms with Gasteiger partial charge in [-0.2, -0.15) is 0 Å². The molecule has 0 unspecified atom stereocenters. The van der Waals surface area contributed by atoms with Gasteiger partial charge in [-0.25, -0.2) is 0 Å². The van der Waals surface area contributed by atoms with Gasteiger partial charge in [0.1, 0.15) is 0 Å². The molecule has 1 aromatic heterocycles. The number of hydrogen-bond acceptors (Lipinski definition) is 3. The van der Waals surface area contributed by atoms with Crippen molar-refractivity contribution in [3.05, 3.63) is 52.8 Å². The maximum Gasteiger partial charge on any atom is 0.160 e. The number of hydrogen-bond donors (Lipinski definition) is 0. The summed E-state index contributed by atoms with van der Waals surface area (Å²) in [6.45, 7) is 1.58. The third kappa shape index (κ3) is 3.17. The van der Waals surface area contributed by atoms with Crippen molar-refractivity contribution in [2.45, 2.75) is 16.7 Å². The van der Waals surface area contributed by atoms with E-state index < -0.39 is 0 Å². The number of aromatic nitrogens is 1. The minimum Gasteiger partial charge on any atom is -0.294 e. The topological polar surface area (TPSA) is 30.0 Å². The zero-order valence-corrected chi connectivity index (χ0v) is 11.6. The van der Waals surface area contributed by atoms with Crippen LogP contribution in [0.5, 0.6) is 0 Å². The molecule has 0 fully saturated rings. The van der Waals surface area contributed by atoms with Gasteiger partial charge < -0.3 is 0 Å². The summed E-state index contributed by atoms with van der Waals surface area (Å²) in [5, 5.41) is 0. The van der Waals surface area contributed by atoms with E-state index in [-0.39, 0.29) is 5.78 Å². The maximum absolute atomic E-state index is 11.5. The summed E-state index contributed by atoms with van der Waals surface area (Å²) < 4.78 is 0.971. The van der Waals surface area contributed by atoms with Crippen LogP contribution in [0.1, 0.15) is 17.3 Å². The van der Waals surface area contributed by atoms with Crippen LogP contribution in [0.4, 0.5) is 0 Å². The van der Waals surface area contributed by atoms with Crippen molar-refractivity contribution in [1.29, 1.82) is 0 Å². The molecular formula is C13H10BrNOS. The molecule has 0 saturated carbocycles. The number of rotatable bonds is 3. The van der Waals surface area contributed by atoms with Crippen molar-refractivity contribution in [3.8, 4) is 0 Å². The van der Waals surface area contributed by atoms with Crippen LogP contribution >= 0.6 is 27.7 Å². The van der Waals surface area contributed by atoms with Crippen molar-refractivity contribution in [2.24, 2.45) is 0 Å². The molecule has 2 rings (SSSR count). The standard InChI is InChI=1S/C13H10BrNOS/c1-9(16)12-3-2-10(14)8-13(12)17-11-4-6-15-7-5-11/h2-8H,1H3. The van der Waals surface area contributed by atoms with Gasteiger partial charge in [-0.3, -0.25) is 9.78 Å². The molecule has 0 aliphatic heterocycles. The highest BCUT2D eigenvalue weighted by atomic mass is 79.9. The second-order valence-corrected chi connectivity index (χ2v) is 5.51. The fraction of sp³-hybridized carbons (Fsp3) is 0.0769. The second-order valence-electron chi connectivity index (χ2n) is 3.48. The first-order valence-corrected chi connectivity index (χ1v) is 6.66. The number of nitrogens with zero attached hydrogens (tertiary/aromatic N) is 1. The Morgan fingerprint density at radius 2 is 1.94 bits per heavy atom. The van der Waals surface area contributed by atoms with E-state index in [0.717, 1.165) is 19.8 Å². The smallest absolute Gasteiger partial charge is 0.160 e. The number of ketones is 1. The molecule has 0 aliphatic carbocycles. The molecule has 0 aliphatic rings. The average molecular weight is 308 g/mol. The minimum absolute atomic E-state index is 0.0778. The van der Waals surface area contributed by atoms with E-state index >= 15 is 0 Å². The predicted molar refractivity (Wildman–Crippen MR) is 72.5 cm³/mol. The number of pyridine rings is 1. The summed E-state index contributed by atoms with van der Waals surface area (Å²) in [6, 6.07) is 9.54. The Labute approximate surface area is 113 Å². The van der Waals surface area contributed by atoms with Crippen LogP contribution in [0.15, 0.2) is 57.0 Å². The van der Waals surface area contributed by atoms with E-state index in [4.69, 9.17) is 0 Å².